The average molecular weight is 264 g/mol. The Bertz CT molecular complexity index is 505. The summed E-state index contributed by atoms with van der Waals surface area (Å²) >= 11 is 0. The van der Waals surface area contributed by atoms with Gasteiger partial charge in [0.05, 0.1) is 31.1 Å². The van der Waals surface area contributed by atoms with E-state index in [0.717, 1.165) is 31.9 Å². The van der Waals surface area contributed by atoms with Crippen molar-refractivity contribution in [3.63, 3.8) is 0 Å². The Morgan fingerprint density at radius 2 is 2.21 bits per heavy atom. The van der Waals surface area contributed by atoms with E-state index in [0.29, 0.717) is 18.3 Å². The molecule has 2 aromatic heterocycles. The van der Waals surface area contributed by atoms with Crippen LogP contribution in [0.15, 0.2) is 27.5 Å². The molecule has 0 aliphatic carbocycles. The van der Waals surface area contributed by atoms with Crippen LogP contribution in [0.3, 0.4) is 0 Å². The minimum Gasteiger partial charge on any atom is -0.472 e. The summed E-state index contributed by atoms with van der Waals surface area (Å²) in [5.41, 5.74) is 6.86. The number of morpholine rings is 1. The van der Waals surface area contributed by atoms with Crippen LogP contribution in [0.4, 0.5) is 0 Å². The highest BCUT2D eigenvalue weighted by Crippen LogP contribution is 2.19. The van der Waals surface area contributed by atoms with Gasteiger partial charge in [0.2, 0.25) is 0 Å². The smallest absolute Gasteiger partial charge is 0.261 e. The summed E-state index contributed by atoms with van der Waals surface area (Å²) in [6.45, 7) is 3.98. The summed E-state index contributed by atoms with van der Waals surface area (Å²) in [6.07, 6.45) is 3.12. The van der Waals surface area contributed by atoms with E-state index in [1.165, 1.54) is 0 Å². The molecule has 0 radical (unpaired) electrons. The first-order chi connectivity index (χ1) is 9.33. The number of aromatic nitrogens is 2. The molecule has 1 fully saturated rings. The lowest BCUT2D eigenvalue weighted by Crippen LogP contribution is -2.40. The summed E-state index contributed by atoms with van der Waals surface area (Å²) in [6, 6.07) is 1.51. The van der Waals surface area contributed by atoms with E-state index in [9.17, 15) is 0 Å². The molecule has 19 heavy (non-hydrogen) atoms. The topological polar surface area (TPSA) is 90.5 Å². The van der Waals surface area contributed by atoms with Gasteiger partial charge in [-0.2, -0.15) is 4.98 Å². The van der Waals surface area contributed by atoms with Crippen LogP contribution in [-0.2, 0) is 4.74 Å². The van der Waals surface area contributed by atoms with Crippen molar-refractivity contribution in [1.29, 1.82) is 0 Å². The van der Waals surface area contributed by atoms with Crippen LogP contribution in [0.25, 0.3) is 11.5 Å². The zero-order valence-electron chi connectivity index (χ0n) is 10.5. The number of hydrogen-bond donors (Lipinski definition) is 1. The Morgan fingerprint density at radius 1 is 1.37 bits per heavy atom. The second-order valence-electron chi connectivity index (χ2n) is 4.49. The number of hydrogen-bond acceptors (Lipinski definition) is 7. The van der Waals surface area contributed by atoms with Crippen molar-refractivity contribution in [1.82, 2.24) is 15.0 Å². The quantitative estimate of drug-likeness (QED) is 0.867. The van der Waals surface area contributed by atoms with E-state index in [2.05, 4.69) is 15.0 Å². The minimum atomic E-state index is -0.262. The SMILES string of the molecule is NC(CN1CCOCC1)c1noc(-c2ccoc2)n1. The van der Waals surface area contributed by atoms with E-state index in [-0.39, 0.29) is 6.04 Å². The molecule has 3 heterocycles. The zero-order chi connectivity index (χ0) is 13.1. The maximum atomic E-state index is 6.10. The molecule has 1 aliphatic heterocycles. The lowest BCUT2D eigenvalue weighted by atomic mass is 10.2. The van der Waals surface area contributed by atoms with Gasteiger partial charge in [-0.1, -0.05) is 5.16 Å². The molecule has 0 spiro atoms. The van der Waals surface area contributed by atoms with Crippen molar-refractivity contribution in [3.05, 3.63) is 24.4 Å². The van der Waals surface area contributed by atoms with Crippen molar-refractivity contribution < 1.29 is 13.7 Å². The number of ether oxygens (including phenoxy) is 1. The second-order valence-corrected chi connectivity index (χ2v) is 4.49. The Hall–Kier alpha value is -1.70. The molecule has 0 bridgehead atoms. The van der Waals surface area contributed by atoms with Crippen LogP contribution in [-0.4, -0.2) is 47.9 Å². The number of nitrogens with zero attached hydrogens (tertiary/aromatic N) is 3. The van der Waals surface area contributed by atoms with E-state index in [1.807, 2.05) is 0 Å². The largest absolute Gasteiger partial charge is 0.472 e. The van der Waals surface area contributed by atoms with Crippen molar-refractivity contribution in [2.24, 2.45) is 5.73 Å². The molecular formula is C12H16N4O3. The summed E-state index contributed by atoms with van der Waals surface area (Å²) in [7, 11) is 0. The maximum absolute atomic E-state index is 6.10. The van der Waals surface area contributed by atoms with Gasteiger partial charge >= 0.3 is 0 Å². The molecule has 0 saturated carbocycles. The Labute approximate surface area is 110 Å². The number of nitrogens with two attached hydrogens (primary N) is 1. The van der Waals surface area contributed by atoms with Gasteiger partial charge in [-0.05, 0) is 6.07 Å². The van der Waals surface area contributed by atoms with Crippen LogP contribution >= 0.6 is 0 Å². The van der Waals surface area contributed by atoms with Gasteiger partial charge in [0.25, 0.3) is 5.89 Å². The fourth-order valence-corrected chi connectivity index (χ4v) is 2.03. The van der Waals surface area contributed by atoms with Crippen LogP contribution < -0.4 is 5.73 Å². The molecule has 102 valence electrons. The van der Waals surface area contributed by atoms with Crippen LogP contribution in [0, 0.1) is 0 Å². The summed E-state index contributed by atoms with van der Waals surface area (Å²) < 4.78 is 15.5. The Balaban J connectivity index is 1.65. The van der Waals surface area contributed by atoms with Gasteiger partial charge in [-0.15, -0.1) is 0 Å². The van der Waals surface area contributed by atoms with E-state index >= 15 is 0 Å². The van der Waals surface area contributed by atoms with E-state index < -0.39 is 0 Å². The van der Waals surface area contributed by atoms with Crippen molar-refractivity contribution >= 4 is 0 Å². The molecule has 0 amide bonds. The van der Waals surface area contributed by atoms with Crippen molar-refractivity contribution in [3.8, 4) is 11.5 Å². The Morgan fingerprint density at radius 3 is 2.95 bits per heavy atom. The highest BCUT2D eigenvalue weighted by molar-refractivity contribution is 5.49. The molecule has 1 saturated heterocycles. The fourth-order valence-electron chi connectivity index (χ4n) is 2.03. The standard InChI is InChI=1S/C12H16N4O3/c13-10(7-16-2-5-17-6-3-16)11-14-12(19-15-11)9-1-4-18-8-9/h1,4,8,10H,2-3,5-7,13H2. The molecule has 2 N–H and O–H groups in total. The normalized spacial score (nSPS) is 18.6. The van der Waals surface area contributed by atoms with Gasteiger partial charge in [0.15, 0.2) is 5.82 Å². The zero-order valence-corrected chi connectivity index (χ0v) is 10.5. The lowest BCUT2D eigenvalue weighted by Gasteiger charge is -2.27. The molecule has 0 aromatic carbocycles. The predicted octanol–water partition coefficient (Wildman–Crippen LogP) is 0.662. The van der Waals surface area contributed by atoms with Crippen molar-refractivity contribution in [2.75, 3.05) is 32.8 Å². The third kappa shape index (κ3) is 2.83. The van der Waals surface area contributed by atoms with Gasteiger partial charge in [-0.3, -0.25) is 4.90 Å². The number of furan rings is 1. The highest BCUT2D eigenvalue weighted by Gasteiger charge is 2.20. The monoisotopic (exact) mass is 264 g/mol. The molecule has 7 nitrogen and oxygen atoms in total. The minimum absolute atomic E-state index is 0.262. The highest BCUT2D eigenvalue weighted by atomic mass is 16.5. The van der Waals surface area contributed by atoms with Gasteiger partial charge in [-0.25, -0.2) is 0 Å². The summed E-state index contributed by atoms with van der Waals surface area (Å²) in [5.74, 6) is 0.948. The number of rotatable bonds is 4. The second kappa shape index (κ2) is 5.52. The summed E-state index contributed by atoms with van der Waals surface area (Å²) in [5, 5.41) is 3.93. The predicted molar refractivity (Wildman–Crippen MR) is 66.2 cm³/mol. The molecule has 2 aromatic rings. The van der Waals surface area contributed by atoms with E-state index in [4.69, 9.17) is 19.4 Å². The first-order valence-electron chi connectivity index (χ1n) is 6.25. The van der Waals surface area contributed by atoms with Gasteiger partial charge < -0.3 is 19.4 Å². The first kappa shape index (κ1) is 12.3. The molecule has 1 atom stereocenters. The molecular weight excluding hydrogens is 248 g/mol. The Kier molecular flexibility index (Phi) is 3.58. The molecule has 1 unspecified atom stereocenters. The van der Waals surface area contributed by atoms with E-state index in [1.54, 1.807) is 18.6 Å². The summed E-state index contributed by atoms with van der Waals surface area (Å²) in [4.78, 5) is 6.54. The molecule has 7 heteroatoms. The molecule has 1 aliphatic rings. The molecule has 3 rings (SSSR count). The van der Waals surface area contributed by atoms with Gasteiger partial charge in [0, 0.05) is 19.6 Å². The van der Waals surface area contributed by atoms with Crippen LogP contribution in [0.2, 0.25) is 0 Å². The third-order valence-electron chi connectivity index (χ3n) is 3.10. The lowest BCUT2D eigenvalue weighted by molar-refractivity contribution is 0.0348. The maximum Gasteiger partial charge on any atom is 0.261 e. The van der Waals surface area contributed by atoms with Crippen LogP contribution in [0.1, 0.15) is 11.9 Å². The first-order valence-corrected chi connectivity index (χ1v) is 6.25. The third-order valence-corrected chi connectivity index (χ3v) is 3.10. The fraction of sp³-hybridized carbons (Fsp3) is 0.500. The average Bonchev–Trinajstić information content (AvgIpc) is 3.11. The van der Waals surface area contributed by atoms with Crippen LogP contribution in [0.5, 0.6) is 0 Å². The van der Waals surface area contributed by atoms with Gasteiger partial charge in [0.1, 0.15) is 6.26 Å². The van der Waals surface area contributed by atoms with Crippen molar-refractivity contribution in [2.45, 2.75) is 6.04 Å².